The Bertz CT molecular complexity index is 2040. The van der Waals surface area contributed by atoms with Crippen LogP contribution in [0.3, 0.4) is 0 Å². The fourth-order valence-electron chi connectivity index (χ4n) is 7.91. The van der Waals surface area contributed by atoms with Gasteiger partial charge in [-0.15, -0.1) is 0 Å². The van der Waals surface area contributed by atoms with Crippen LogP contribution in [0.1, 0.15) is 72.2 Å². The lowest BCUT2D eigenvalue weighted by Gasteiger charge is -2.43. The van der Waals surface area contributed by atoms with Crippen LogP contribution in [-0.2, 0) is 14.3 Å². The molecule has 6 heterocycles. The molecule has 0 bridgehead atoms. The van der Waals surface area contributed by atoms with Crippen LogP contribution in [0.25, 0.3) is 21.8 Å². The molecule has 1 N–H and O–H groups in total. The summed E-state index contributed by atoms with van der Waals surface area (Å²) >= 11 is 0. The highest BCUT2D eigenvalue weighted by molar-refractivity contribution is 6.23. The summed E-state index contributed by atoms with van der Waals surface area (Å²) in [6.45, 7) is 2.30. The highest BCUT2D eigenvalue weighted by Crippen LogP contribution is 2.36. The molecule has 1 atom stereocenters. The zero-order chi connectivity index (χ0) is 35.9. The molecule has 2 aromatic heterocycles. The van der Waals surface area contributed by atoms with E-state index in [1.807, 2.05) is 18.2 Å². The number of ether oxygens (including phenoxy) is 2. The maximum Gasteiger partial charge on any atom is 0.319 e. The Balaban J connectivity index is 0.729. The minimum absolute atomic E-state index is 0.0769. The number of fused-ring (bicyclic) bond motifs is 4. The number of nitrogens with one attached hydrogen (secondary N) is 1. The summed E-state index contributed by atoms with van der Waals surface area (Å²) in [7, 11) is 0. The summed E-state index contributed by atoms with van der Waals surface area (Å²) in [6, 6.07) is 11.2. The monoisotopic (exact) mass is 714 g/mol. The third-order valence-electron chi connectivity index (χ3n) is 10.7. The van der Waals surface area contributed by atoms with Crippen LogP contribution in [0.5, 0.6) is 5.75 Å². The number of anilines is 1. The van der Waals surface area contributed by atoms with Crippen LogP contribution in [-0.4, -0.2) is 101 Å². The SMILES string of the molecule is O=C1CCC(N2C(=O)c3ccc(OCCCCCN4CCC(OC5CN(c6ccc7c8cnccc8n(C(F)F)c7c6)C5)CC4)cc3C2=O)C(=O)N1. The van der Waals surface area contributed by atoms with Gasteiger partial charge in [0.05, 0.1) is 41.0 Å². The number of imide groups is 2. The zero-order valence-corrected chi connectivity index (χ0v) is 28.6. The van der Waals surface area contributed by atoms with Gasteiger partial charge in [-0.1, -0.05) is 6.07 Å². The van der Waals surface area contributed by atoms with E-state index in [1.165, 1.54) is 0 Å². The minimum atomic E-state index is -2.64. The van der Waals surface area contributed by atoms with Gasteiger partial charge in [-0.05, 0) is 81.5 Å². The van der Waals surface area contributed by atoms with Gasteiger partial charge in [0.25, 0.3) is 11.8 Å². The first-order valence-corrected chi connectivity index (χ1v) is 18.0. The molecule has 0 aliphatic carbocycles. The predicted octanol–water partition coefficient (Wildman–Crippen LogP) is 4.90. The van der Waals surface area contributed by atoms with Gasteiger partial charge < -0.3 is 19.3 Å². The number of halogens is 2. The molecule has 4 aliphatic heterocycles. The molecule has 14 heteroatoms. The number of hydrogen-bond acceptors (Lipinski definition) is 9. The third kappa shape index (κ3) is 6.49. The van der Waals surface area contributed by atoms with Gasteiger partial charge in [0.2, 0.25) is 11.8 Å². The lowest BCUT2D eigenvalue weighted by atomic mass is 10.0. The summed E-state index contributed by atoms with van der Waals surface area (Å²) in [5.41, 5.74) is 2.36. The van der Waals surface area contributed by atoms with Crippen molar-refractivity contribution in [2.24, 2.45) is 0 Å². The van der Waals surface area contributed by atoms with Crippen LogP contribution in [0.15, 0.2) is 54.9 Å². The van der Waals surface area contributed by atoms with Crippen molar-refractivity contribution in [3.05, 3.63) is 66.0 Å². The summed E-state index contributed by atoms with van der Waals surface area (Å²) in [4.78, 5) is 59.5. The standard InChI is InChI=1S/C38H40F2N6O6/c39-38(40)45-31-10-13-41-20-30(31)27-6-4-23(18-33(27)45)44-21-26(22-44)52-24-11-15-43(16-12-24)14-2-1-3-17-51-25-5-7-28-29(19-25)37(50)46(36(28)49)32-8-9-34(47)42-35(32)48/h4-7,10,13,18-20,24,26,32,38H,1-3,8-9,11-12,14-17,21-22H2,(H,42,47,48). The predicted molar refractivity (Wildman–Crippen MR) is 187 cm³/mol. The smallest absolute Gasteiger partial charge is 0.319 e. The van der Waals surface area contributed by atoms with Crippen molar-refractivity contribution in [1.29, 1.82) is 0 Å². The van der Waals surface area contributed by atoms with Gasteiger partial charge in [0.15, 0.2) is 0 Å². The fraction of sp³-hybridized carbons (Fsp3) is 0.447. The number of carbonyl (C=O) groups excluding carboxylic acids is 4. The van der Waals surface area contributed by atoms with E-state index < -0.39 is 36.2 Å². The lowest BCUT2D eigenvalue weighted by Crippen LogP contribution is -2.54. The van der Waals surface area contributed by atoms with E-state index in [2.05, 4.69) is 20.1 Å². The number of alkyl halides is 2. The summed E-state index contributed by atoms with van der Waals surface area (Å²) in [5, 5.41) is 3.70. The van der Waals surface area contributed by atoms with Crippen molar-refractivity contribution in [1.82, 2.24) is 24.7 Å². The molecule has 8 rings (SSSR count). The molecule has 4 amide bonds. The van der Waals surface area contributed by atoms with Crippen LogP contribution < -0.4 is 15.0 Å². The Kier molecular flexibility index (Phi) is 9.34. The summed E-state index contributed by atoms with van der Waals surface area (Å²) in [5.74, 6) is -1.62. The van der Waals surface area contributed by atoms with Crippen molar-refractivity contribution in [3.63, 3.8) is 0 Å². The van der Waals surface area contributed by atoms with E-state index in [-0.39, 0.29) is 36.2 Å². The second-order valence-electron chi connectivity index (χ2n) is 14.0. The van der Waals surface area contributed by atoms with Gasteiger partial charge in [0.1, 0.15) is 11.8 Å². The summed E-state index contributed by atoms with van der Waals surface area (Å²) < 4.78 is 41.4. The van der Waals surface area contributed by atoms with Gasteiger partial charge in [-0.2, -0.15) is 8.78 Å². The van der Waals surface area contributed by atoms with E-state index >= 15 is 0 Å². The Morgan fingerprint density at radius 1 is 0.846 bits per heavy atom. The number of carbonyl (C=O) groups is 4. The molecule has 12 nitrogen and oxygen atoms in total. The van der Waals surface area contributed by atoms with Gasteiger partial charge >= 0.3 is 6.55 Å². The van der Waals surface area contributed by atoms with Crippen LogP contribution in [0.4, 0.5) is 14.5 Å². The molecule has 272 valence electrons. The first-order valence-electron chi connectivity index (χ1n) is 18.0. The molecule has 1 unspecified atom stereocenters. The lowest BCUT2D eigenvalue weighted by molar-refractivity contribution is -0.136. The second kappa shape index (κ2) is 14.2. The molecule has 0 radical (unpaired) electrons. The maximum atomic E-state index is 14.0. The van der Waals surface area contributed by atoms with Crippen molar-refractivity contribution in [3.8, 4) is 5.75 Å². The number of likely N-dealkylation sites (tertiary alicyclic amines) is 1. The molecule has 4 aliphatic rings. The third-order valence-corrected chi connectivity index (χ3v) is 10.7. The van der Waals surface area contributed by atoms with Gasteiger partial charge in [-0.25, -0.2) is 0 Å². The molecule has 3 fully saturated rings. The van der Waals surface area contributed by atoms with Crippen molar-refractivity contribution in [2.45, 2.75) is 69.7 Å². The molecule has 3 saturated heterocycles. The largest absolute Gasteiger partial charge is 0.494 e. The number of amides is 4. The molecule has 4 aromatic rings. The Hall–Kier alpha value is -4.95. The normalized spacial score (nSPS) is 20.3. The quantitative estimate of drug-likeness (QED) is 0.161. The average molecular weight is 715 g/mol. The fourth-order valence-corrected chi connectivity index (χ4v) is 7.91. The minimum Gasteiger partial charge on any atom is -0.494 e. The molecule has 0 saturated carbocycles. The number of aromatic nitrogens is 2. The van der Waals surface area contributed by atoms with E-state index in [0.29, 0.717) is 23.4 Å². The molecular formula is C38H40F2N6O6. The number of hydrogen-bond donors (Lipinski definition) is 1. The molecule has 2 aromatic carbocycles. The zero-order valence-electron chi connectivity index (χ0n) is 28.6. The van der Waals surface area contributed by atoms with Gasteiger partial charge in [-0.3, -0.25) is 38.9 Å². The molecule has 52 heavy (non-hydrogen) atoms. The first kappa shape index (κ1) is 34.2. The van der Waals surface area contributed by atoms with Gasteiger partial charge in [0, 0.05) is 61.5 Å². The highest BCUT2D eigenvalue weighted by Gasteiger charge is 2.44. The topological polar surface area (TPSA) is 126 Å². The van der Waals surface area contributed by atoms with E-state index in [4.69, 9.17) is 9.47 Å². The molecule has 0 spiro atoms. The van der Waals surface area contributed by atoms with Crippen molar-refractivity contribution < 1.29 is 37.4 Å². The van der Waals surface area contributed by atoms with E-state index in [0.717, 1.165) is 90.8 Å². The van der Waals surface area contributed by atoms with Crippen LogP contribution >= 0.6 is 0 Å². The summed E-state index contributed by atoms with van der Waals surface area (Å²) in [6.07, 6.45) is 8.56. The second-order valence-corrected chi connectivity index (χ2v) is 14.0. The maximum absolute atomic E-state index is 14.0. The highest BCUT2D eigenvalue weighted by atomic mass is 19.3. The number of nitrogens with zero attached hydrogens (tertiary/aromatic N) is 5. The average Bonchev–Trinajstić information content (AvgIpc) is 3.58. The number of pyridine rings is 1. The van der Waals surface area contributed by atoms with Crippen LogP contribution in [0, 0.1) is 0 Å². The number of benzene rings is 2. The molecular weight excluding hydrogens is 674 g/mol. The number of rotatable bonds is 12. The van der Waals surface area contributed by atoms with Crippen molar-refractivity contribution in [2.75, 3.05) is 44.2 Å². The Labute approximate surface area is 298 Å². The Morgan fingerprint density at radius 3 is 2.44 bits per heavy atom. The Morgan fingerprint density at radius 2 is 1.65 bits per heavy atom. The number of unbranched alkanes of at least 4 members (excludes halogenated alkanes) is 2. The van der Waals surface area contributed by atoms with E-state index in [9.17, 15) is 28.0 Å². The van der Waals surface area contributed by atoms with Crippen LogP contribution in [0.2, 0.25) is 0 Å². The number of piperidine rings is 2. The van der Waals surface area contributed by atoms with Crippen molar-refractivity contribution >= 4 is 51.1 Å². The van der Waals surface area contributed by atoms with E-state index in [1.54, 1.807) is 36.7 Å². The first-order chi connectivity index (χ1) is 25.2.